The average molecular weight is 459 g/mol. The van der Waals surface area contributed by atoms with Gasteiger partial charge >= 0.3 is 0 Å². The van der Waals surface area contributed by atoms with Crippen LogP contribution in [0.5, 0.6) is 5.75 Å². The lowest BCUT2D eigenvalue weighted by molar-refractivity contribution is -0.116. The number of benzene rings is 2. The normalized spacial score (nSPS) is 11.4. The standard InChI is InChI=1S/C26H26N4O2S/c1-16-25(20-13-18(32-3)11-12-23(20)30(16)2)22-15-33-26(28-22)29-24(31)10-6-7-17-14-27-21-9-5-4-8-19(17)21/h4-5,8-9,11-15,27H,6-7,10H2,1-3H3,(H,28,29,31). The number of hydrogen-bond donors (Lipinski definition) is 2. The van der Waals surface area contributed by atoms with Crippen LogP contribution in [0.2, 0.25) is 0 Å². The molecular formula is C26H26N4O2S. The molecule has 7 heteroatoms. The summed E-state index contributed by atoms with van der Waals surface area (Å²) in [5.74, 6) is 0.806. The number of hydrogen-bond acceptors (Lipinski definition) is 4. The number of rotatable bonds is 7. The summed E-state index contributed by atoms with van der Waals surface area (Å²) in [6, 6.07) is 14.3. The summed E-state index contributed by atoms with van der Waals surface area (Å²) in [4.78, 5) is 20.6. The molecule has 5 rings (SSSR count). The molecule has 33 heavy (non-hydrogen) atoms. The van der Waals surface area contributed by atoms with Gasteiger partial charge in [0.15, 0.2) is 5.13 Å². The Balaban J connectivity index is 1.27. The van der Waals surface area contributed by atoms with Gasteiger partial charge in [-0.2, -0.15) is 0 Å². The average Bonchev–Trinajstić information content (AvgIpc) is 3.51. The molecule has 0 aliphatic heterocycles. The van der Waals surface area contributed by atoms with Gasteiger partial charge in [0, 0.05) is 58.1 Å². The number of carbonyl (C=O) groups is 1. The van der Waals surface area contributed by atoms with Crippen molar-refractivity contribution >= 4 is 44.2 Å². The van der Waals surface area contributed by atoms with Gasteiger partial charge in [-0.1, -0.05) is 18.2 Å². The number of carbonyl (C=O) groups excluding carboxylic acids is 1. The molecule has 0 aliphatic rings. The molecule has 0 spiro atoms. The van der Waals surface area contributed by atoms with Gasteiger partial charge in [-0.25, -0.2) is 4.98 Å². The highest BCUT2D eigenvalue weighted by Crippen LogP contribution is 2.37. The maximum absolute atomic E-state index is 12.5. The zero-order chi connectivity index (χ0) is 22.9. The Labute approximate surface area is 196 Å². The summed E-state index contributed by atoms with van der Waals surface area (Å²) in [7, 11) is 3.72. The van der Waals surface area contributed by atoms with Crippen LogP contribution < -0.4 is 10.1 Å². The van der Waals surface area contributed by atoms with E-state index in [9.17, 15) is 4.79 Å². The molecule has 2 aromatic carbocycles. The van der Waals surface area contributed by atoms with Gasteiger partial charge in [-0.15, -0.1) is 11.3 Å². The maximum atomic E-state index is 12.5. The second kappa shape index (κ2) is 8.75. The van der Waals surface area contributed by atoms with E-state index in [2.05, 4.69) is 47.0 Å². The quantitative estimate of drug-likeness (QED) is 0.311. The molecule has 5 aromatic rings. The Morgan fingerprint density at radius 3 is 2.91 bits per heavy atom. The summed E-state index contributed by atoms with van der Waals surface area (Å²) < 4.78 is 7.58. The molecule has 3 heterocycles. The Morgan fingerprint density at radius 1 is 1.21 bits per heavy atom. The second-order valence-electron chi connectivity index (χ2n) is 8.20. The molecule has 0 aliphatic carbocycles. The van der Waals surface area contributed by atoms with Crippen LogP contribution in [0.4, 0.5) is 5.13 Å². The molecule has 3 aromatic heterocycles. The number of aryl methyl sites for hydroxylation is 2. The fourth-order valence-corrected chi connectivity index (χ4v) is 5.12. The molecule has 0 atom stereocenters. The number of thiazole rings is 1. The van der Waals surface area contributed by atoms with Crippen molar-refractivity contribution < 1.29 is 9.53 Å². The van der Waals surface area contributed by atoms with Crippen LogP contribution in [0.15, 0.2) is 54.0 Å². The Bertz CT molecular complexity index is 1460. The lowest BCUT2D eigenvalue weighted by Gasteiger charge is -2.02. The summed E-state index contributed by atoms with van der Waals surface area (Å²) in [5, 5.41) is 7.92. The number of aromatic nitrogens is 3. The lowest BCUT2D eigenvalue weighted by Crippen LogP contribution is -2.11. The number of H-pyrrole nitrogens is 1. The number of ether oxygens (including phenoxy) is 1. The van der Waals surface area contributed by atoms with Crippen LogP contribution >= 0.6 is 11.3 Å². The second-order valence-corrected chi connectivity index (χ2v) is 9.06. The van der Waals surface area contributed by atoms with Crippen molar-refractivity contribution in [1.82, 2.24) is 14.5 Å². The third kappa shape index (κ3) is 4.00. The Kier molecular flexibility index (Phi) is 5.64. The smallest absolute Gasteiger partial charge is 0.226 e. The first-order valence-corrected chi connectivity index (χ1v) is 11.9. The van der Waals surface area contributed by atoms with Gasteiger partial charge in [-0.05, 0) is 49.6 Å². The van der Waals surface area contributed by atoms with Crippen molar-refractivity contribution in [1.29, 1.82) is 0 Å². The van der Waals surface area contributed by atoms with Crippen LogP contribution in [-0.4, -0.2) is 27.6 Å². The Morgan fingerprint density at radius 2 is 2.06 bits per heavy atom. The van der Waals surface area contributed by atoms with E-state index in [1.54, 1.807) is 7.11 Å². The van der Waals surface area contributed by atoms with E-state index in [0.717, 1.165) is 52.0 Å². The van der Waals surface area contributed by atoms with Gasteiger partial charge in [0.05, 0.1) is 12.8 Å². The molecule has 2 N–H and O–H groups in total. The predicted octanol–water partition coefficient (Wildman–Crippen LogP) is 6.06. The topological polar surface area (TPSA) is 71.9 Å². The van der Waals surface area contributed by atoms with Gasteiger partial charge < -0.3 is 19.6 Å². The molecule has 168 valence electrons. The van der Waals surface area contributed by atoms with E-state index in [1.807, 2.05) is 35.8 Å². The highest BCUT2D eigenvalue weighted by molar-refractivity contribution is 7.14. The van der Waals surface area contributed by atoms with Crippen molar-refractivity contribution in [2.75, 3.05) is 12.4 Å². The van der Waals surface area contributed by atoms with Crippen molar-refractivity contribution in [2.24, 2.45) is 7.05 Å². The zero-order valence-electron chi connectivity index (χ0n) is 18.9. The van der Waals surface area contributed by atoms with Crippen molar-refractivity contribution in [2.45, 2.75) is 26.2 Å². The Hall–Kier alpha value is -3.58. The highest BCUT2D eigenvalue weighted by atomic mass is 32.1. The van der Waals surface area contributed by atoms with Gasteiger partial charge in [0.25, 0.3) is 0 Å². The third-order valence-corrected chi connectivity index (χ3v) is 6.99. The number of anilines is 1. The molecular weight excluding hydrogens is 432 g/mol. The molecule has 0 fully saturated rings. The fourth-order valence-electron chi connectivity index (χ4n) is 4.41. The van der Waals surface area contributed by atoms with Gasteiger partial charge in [0.1, 0.15) is 5.75 Å². The molecule has 1 amide bonds. The maximum Gasteiger partial charge on any atom is 0.226 e. The van der Waals surface area contributed by atoms with E-state index in [-0.39, 0.29) is 5.91 Å². The van der Waals surface area contributed by atoms with Crippen LogP contribution in [0.3, 0.4) is 0 Å². The molecule has 0 unspecified atom stereocenters. The van der Waals surface area contributed by atoms with Crippen LogP contribution in [0.1, 0.15) is 24.1 Å². The minimum absolute atomic E-state index is 0.00736. The van der Waals surface area contributed by atoms with Gasteiger partial charge in [-0.3, -0.25) is 4.79 Å². The number of amides is 1. The summed E-state index contributed by atoms with van der Waals surface area (Å²) in [6.07, 6.45) is 4.14. The van der Waals surface area contributed by atoms with Crippen molar-refractivity contribution in [3.8, 4) is 17.0 Å². The largest absolute Gasteiger partial charge is 0.497 e. The number of nitrogens with zero attached hydrogens (tertiary/aromatic N) is 2. The molecule has 6 nitrogen and oxygen atoms in total. The van der Waals surface area contributed by atoms with Crippen LogP contribution in [-0.2, 0) is 18.3 Å². The van der Waals surface area contributed by atoms with E-state index in [1.165, 1.54) is 22.3 Å². The van der Waals surface area contributed by atoms with Crippen molar-refractivity contribution in [3.63, 3.8) is 0 Å². The first-order chi connectivity index (χ1) is 16.0. The SMILES string of the molecule is COc1ccc2c(c1)c(-c1csc(NC(=O)CCCc3c[nH]c4ccccc34)n1)c(C)n2C. The minimum atomic E-state index is -0.00736. The third-order valence-electron chi connectivity index (χ3n) is 6.23. The molecule has 0 bridgehead atoms. The monoisotopic (exact) mass is 458 g/mol. The first kappa shape index (κ1) is 21.3. The lowest BCUT2D eigenvalue weighted by atomic mass is 10.1. The zero-order valence-corrected chi connectivity index (χ0v) is 19.8. The van der Waals surface area contributed by atoms with E-state index < -0.39 is 0 Å². The summed E-state index contributed by atoms with van der Waals surface area (Å²) in [5.41, 5.74) is 6.57. The van der Waals surface area contributed by atoms with E-state index >= 15 is 0 Å². The number of para-hydroxylation sites is 1. The van der Waals surface area contributed by atoms with E-state index in [0.29, 0.717) is 11.6 Å². The number of methoxy groups -OCH3 is 1. The van der Waals surface area contributed by atoms with Gasteiger partial charge in [0.2, 0.25) is 5.91 Å². The molecule has 0 saturated carbocycles. The van der Waals surface area contributed by atoms with E-state index in [4.69, 9.17) is 9.72 Å². The fraction of sp³-hybridized carbons (Fsp3) is 0.231. The number of aromatic amines is 1. The first-order valence-electron chi connectivity index (χ1n) is 11.0. The highest BCUT2D eigenvalue weighted by Gasteiger charge is 2.18. The minimum Gasteiger partial charge on any atom is -0.497 e. The summed E-state index contributed by atoms with van der Waals surface area (Å²) in [6.45, 7) is 2.09. The number of fused-ring (bicyclic) bond motifs is 2. The van der Waals surface area contributed by atoms with Crippen molar-refractivity contribution in [3.05, 3.63) is 65.3 Å². The predicted molar refractivity (Wildman–Crippen MR) is 135 cm³/mol. The van der Waals surface area contributed by atoms with Crippen LogP contribution in [0, 0.1) is 6.92 Å². The molecule has 0 saturated heterocycles. The molecule has 0 radical (unpaired) electrons. The van der Waals surface area contributed by atoms with Crippen LogP contribution in [0.25, 0.3) is 33.1 Å². The number of nitrogens with one attached hydrogen (secondary N) is 2. The summed E-state index contributed by atoms with van der Waals surface area (Å²) >= 11 is 1.45.